The Morgan fingerprint density at radius 2 is 1.66 bits per heavy atom. The maximum absolute atomic E-state index is 13.6. The molecule has 2 aromatic carbocycles. The molecule has 0 amide bonds. The van der Waals surface area contributed by atoms with Crippen molar-refractivity contribution in [3.8, 4) is 11.5 Å². The highest BCUT2D eigenvalue weighted by atomic mass is 127. The molecular weight excluding hydrogens is 562 g/mol. The minimum absolute atomic E-state index is 0.0422. The van der Waals surface area contributed by atoms with Gasteiger partial charge in [0.15, 0.2) is 23.1 Å². The summed E-state index contributed by atoms with van der Waals surface area (Å²) in [5.74, 6) is 1.82. The Balaban J connectivity index is 1.57. The van der Waals surface area contributed by atoms with Gasteiger partial charge in [-0.3, -0.25) is 9.59 Å². The van der Waals surface area contributed by atoms with Crippen molar-refractivity contribution in [2.45, 2.75) is 58.0 Å². The number of Topliss-reactive ketones (excluding diaryl/α,β-unsaturated/α-hetero) is 2. The van der Waals surface area contributed by atoms with Crippen molar-refractivity contribution in [3.63, 3.8) is 0 Å². The van der Waals surface area contributed by atoms with Crippen molar-refractivity contribution in [2.75, 3.05) is 6.61 Å². The van der Waals surface area contributed by atoms with Crippen LogP contribution in [0.1, 0.15) is 62.5 Å². The molecule has 1 heterocycles. The van der Waals surface area contributed by atoms with Crippen LogP contribution in [0.25, 0.3) is 0 Å². The maximum Gasteiger partial charge on any atom is 0.174 e. The van der Waals surface area contributed by atoms with Crippen molar-refractivity contribution in [1.82, 2.24) is 0 Å². The number of ketones is 2. The average molecular weight is 588 g/mol. The van der Waals surface area contributed by atoms with Crippen LogP contribution in [-0.4, -0.2) is 18.2 Å². The van der Waals surface area contributed by atoms with Crippen LogP contribution in [0.5, 0.6) is 11.5 Å². The number of benzene rings is 2. The minimum atomic E-state index is -0.459. The van der Waals surface area contributed by atoms with E-state index in [4.69, 9.17) is 14.2 Å². The lowest BCUT2D eigenvalue weighted by Crippen LogP contribution is -2.30. The van der Waals surface area contributed by atoms with Gasteiger partial charge in [0.05, 0.1) is 10.2 Å². The molecule has 3 aliphatic rings. The molecule has 0 radical (unpaired) electrons. The normalized spacial score (nSPS) is 18.3. The van der Waals surface area contributed by atoms with E-state index in [-0.39, 0.29) is 24.0 Å². The van der Waals surface area contributed by atoms with Gasteiger partial charge in [-0.2, -0.15) is 0 Å². The van der Waals surface area contributed by atoms with Crippen molar-refractivity contribution in [1.29, 1.82) is 0 Å². The lowest BCUT2D eigenvalue weighted by atomic mass is 9.73. The number of rotatable bonds is 6. The number of ether oxygens (including phenoxy) is 3. The molecule has 7 heteroatoms. The highest BCUT2D eigenvalue weighted by molar-refractivity contribution is 14.1. The Morgan fingerprint density at radius 1 is 0.971 bits per heavy atom. The molecule has 0 atom stereocenters. The SMILES string of the molecule is CCOc1cc(C2C3=C(CCCC3=O)OC3=C2C(=O)CCC3)cc(I)c1OCc1cccc(F)c1. The van der Waals surface area contributed by atoms with E-state index in [1.165, 1.54) is 12.1 Å². The van der Waals surface area contributed by atoms with Gasteiger partial charge in [0.25, 0.3) is 0 Å². The molecule has 0 saturated carbocycles. The van der Waals surface area contributed by atoms with Gasteiger partial charge in [-0.1, -0.05) is 12.1 Å². The number of hydrogen-bond donors (Lipinski definition) is 0. The number of carbonyl (C=O) groups is 2. The largest absolute Gasteiger partial charge is 0.490 e. The molecule has 5 nitrogen and oxygen atoms in total. The molecular formula is C28H26FIO5. The lowest BCUT2D eigenvalue weighted by Gasteiger charge is -2.36. The Labute approximate surface area is 217 Å². The average Bonchev–Trinajstić information content (AvgIpc) is 2.83. The Morgan fingerprint density at radius 3 is 2.29 bits per heavy atom. The summed E-state index contributed by atoms with van der Waals surface area (Å²) in [6.07, 6.45) is 3.84. The predicted molar refractivity (Wildman–Crippen MR) is 137 cm³/mol. The van der Waals surface area contributed by atoms with E-state index in [0.717, 1.165) is 22.0 Å². The van der Waals surface area contributed by atoms with E-state index in [9.17, 15) is 14.0 Å². The van der Waals surface area contributed by atoms with Gasteiger partial charge in [0.2, 0.25) is 0 Å². The van der Waals surface area contributed by atoms with Crippen molar-refractivity contribution in [3.05, 3.63) is 79.6 Å². The molecule has 0 spiro atoms. The summed E-state index contributed by atoms with van der Waals surface area (Å²) < 4.78 is 32.6. The molecule has 5 rings (SSSR count). The van der Waals surface area contributed by atoms with Crippen LogP contribution in [0.4, 0.5) is 4.39 Å². The standard InChI is InChI=1S/C28H26FIO5/c1-2-33-24-14-17(13-19(30)28(24)34-15-16-6-3-7-18(29)12-16)25-26-20(31)8-4-10-22(26)35-23-11-5-9-21(32)27(23)25/h3,6-7,12-14,25H,2,4-5,8-11,15H2,1H3. The molecule has 182 valence electrons. The van der Waals surface area contributed by atoms with E-state index in [1.807, 2.05) is 19.1 Å². The van der Waals surface area contributed by atoms with Gasteiger partial charge in [0.1, 0.15) is 23.9 Å². The molecule has 0 fully saturated rings. The van der Waals surface area contributed by atoms with E-state index in [2.05, 4.69) is 22.6 Å². The first-order valence-electron chi connectivity index (χ1n) is 12.0. The van der Waals surface area contributed by atoms with Crippen molar-refractivity contribution >= 4 is 34.2 Å². The molecule has 0 aromatic heterocycles. The summed E-state index contributed by atoms with van der Waals surface area (Å²) in [7, 11) is 0. The molecule has 2 aromatic rings. The highest BCUT2D eigenvalue weighted by Crippen LogP contribution is 2.49. The Hall–Kier alpha value is -2.68. The fourth-order valence-electron chi connectivity index (χ4n) is 5.09. The zero-order valence-corrected chi connectivity index (χ0v) is 21.7. The molecule has 2 aliphatic carbocycles. The first kappa shape index (κ1) is 24.0. The van der Waals surface area contributed by atoms with Crippen molar-refractivity contribution in [2.24, 2.45) is 0 Å². The third-order valence-electron chi connectivity index (χ3n) is 6.58. The smallest absolute Gasteiger partial charge is 0.174 e. The summed E-state index contributed by atoms with van der Waals surface area (Å²) in [6, 6.07) is 10.1. The van der Waals surface area contributed by atoms with Gasteiger partial charge in [-0.05, 0) is 77.7 Å². The first-order valence-corrected chi connectivity index (χ1v) is 13.1. The zero-order valence-electron chi connectivity index (χ0n) is 19.5. The monoisotopic (exact) mass is 588 g/mol. The fourth-order valence-corrected chi connectivity index (χ4v) is 5.87. The van der Waals surface area contributed by atoms with E-state index in [1.54, 1.807) is 12.1 Å². The highest BCUT2D eigenvalue weighted by Gasteiger charge is 2.42. The summed E-state index contributed by atoms with van der Waals surface area (Å²) in [5.41, 5.74) is 2.75. The van der Waals surface area contributed by atoms with Gasteiger partial charge in [0, 0.05) is 42.7 Å². The van der Waals surface area contributed by atoms with Crippen molar-refractivity contribution < 1.29 is 28.2 Å². The van der Waals surface area contributed by atoms with E-state index in [0.29, 0.717) is 72.0 Å². The summed E-state index contributed by atoms with van der Waals surface area (Å²) >= 11 is 2.19. The molecule has 35 heavy (non-hydrogen) atoms. The fraction of sp³-hybridized carbons (Fsp3) is 0.357. The van der Waals surface area contributed by atoms with Gasteiger partial charge >= 0.3 is 0 Å². The summed E-state index contributed by atoms with van der Waals surface area (Å²) in [4.78, 5) is 26.2. The quantitative estimate of drug-likeness (QED) is 0.359. The van der Waals surface area contributed by atoms with Crippen LogP contribution in [0.3, 0.4) is 0 Å². The topological polar surface area (TPSA) is 61.8 Å². The summed E-state index contributed by atoms with van der Waals surface area (Å²) in [6.45, 7) is 2.50. The lowest BCUT2D eigenvalue weighted by molar-refractivity contribution is -0.117. The number of carbonyl (C=O) groups excluding carboxylic acids is 2. The van der Waals surface area contributed by atoms with Crippen LogP contribution in [0.15, 0.2) is 59.1 Å². The van der Waals surface area contributed by atoms with Gasteiger partial charge in [-0.15, -0.1) is 0 Å². The Bertz CT molecular complexity index is 1220. The number of hydrogen-bond acceptors (Lipinski definition) is 5. The van der Waals surface area contributed by atoms with Crippen LogP contribution in [0.2, 0.25) is 0 Å². The zero-order chi connectivity index (χ0) is 24.5. The van der Waals surface area contributed by atoms with E-state index < -0.39 is 5.92 Å². The van der Waals surface area contributed by atoms with Gasteiger partial charge < -0.3 is 14.2 Å². The molecule has 1 aliphatic heterocycles. The molecule has 0 unspecified atom stereocenters. The third kappa shape index (κ3) is 4.75. The van der Waals surface area contributed by atoms with E-state index >= 15 is 0 Å². The third-order valence-corrected chi connectivity index (χ3v) is 7.38. The van der Waals surface area contributed by atoms with Crippen LogP contribution in [-0.2, 0) is 20.9 Å². The second-order valence-corrected chi connectivity index (χ2v) is 10.1. The molecule has 0 N–H and O–H groups in total. The molecule has 0 saturated heterocycles. The van der Waals surface area contributed by atoms with Crippen LogP contribution < -0.4 is 9.47 Å². The minimum Gasteiger partial charge on any atom is -0.490 e. The predicted octanol–water partition coefficient (Wildman–Crippen LogP) is 6.54. The summed E-state index contributed by atoms with van der Waals surface area (Å²) in [5, 5.41) is 0. The second-order valence-electron chi connectivity index (χ2n) is 8.94. The first-order chi connectivity index (χ1) is 17.0. The van der Waals surface area contributed by atoms with Gasteiger partial charge in [-0.25, -0.2) is 4.39 Å². The Kier molecular flexibility index (Phi) is 6.95. The second kappa shape index (κ2) is 10.1. The van der Waals surface area contributed by atoms with Crippen LogP contribution in [0, 0.1) is 9.39 Å². The number of halogens is 2. The number of allylic oxidation sites excluding steroid dienone is 4. The molecule has 0 bridgehead atoms. The van der Waals surface area contributed by atoms with Crippen LogP contribution >= 0.6 is 22.6 Å². The maximum atomic E-state index is 13.6.